The molecule has 2 heterocycles. The van der Waals surface area contributed by atoms with Crippen molar-refractivity contribution in [3.05, 3.63) is 53.1 Å². The van der Waals surface area contributed by atoms with Crippen LogP contribution in [0.15, 0.2) is 30.6 Å². The molecule has 0 fully saturated rings. The first kappa shape index (κ1) is 13.4. The number of nitrogens with zero attached hydrogens (tertiary/aromatic N) is 1. The van der Waals surface area contributed by atoms with Gasteiger partial charge < -0.3 is 10.3 Å². The normalized spacial score (nSPS) is 23.4. The van der Waals surface area contributed by atoms with Crippen molar-refractivity contribution in [2.45, 2.75) is 45.1 Å². The predicted octanol–water partition coefficient (Wildman–Crippen LogP) is 3.33. The first-order chi connectivity index (χ1) is 9.65. The van der Waals surface area contributed by atoms with E-state index in [1.54, 1.807) is 0 Å². The number of nitrogens with one attached hydrogen (secondary N) is 2. The van der Waals surface area contributed by atoms with Crippen LogP contribution in [0.1, 0.15) is 55.6 Å². The van der Waals surface area contributed by atoms with Crippen LogP contribution in [0.25, 0.3) is 0 Å². The van der Waals surface area contributed by atoms with Gasteiger partial charge in [0, 0.05) is 18.7 Å². The standard InChI is InChI=1S/C17H23N3/c1-4-12(2)13-5-7-14(8-6-13)17(3)16-15(9-10-20-17)18-11-19-16/h5-8,11-12,20H,4,9-10H2,1-3H3,(H,18,19). The number of rotatable bonds is 3. The summed E-state index contributed by atoms with van der Waals surface area (Å²) in [6.07, 6.45) is 4.01. The van der Waals surface area contributed by atoms with Crippen LogP contribution in [0.2, 0.25) is 0 Å². The number of imidazole rings is 1. The maximum atomic E-state index is 4.54. The smallest absolute Gasteiger partial charge is 0.0926 e. The molecule has 3 rings (SSSR count). The Morgan fingerprint density at radius 1 is 1.30 bits per heavy atom. The van der Waals surface area contributed by atoms with Crippen molar-refractivity contribution in [3.8, 4) is 0 Å². The molecular formula is C17H23N3. The summed E-state index contributed by atoms with van der Waals surface area (Å²) in [7, 11) is 0. The molecule has 0 spiro atoms. The molecule has 1 aliphatic rings. The summed E-state index contributed by atoms with van der Waals surface area (Å²) in [4.78, 5) is 7.81. The minimum atomic E-state index is -0.179. The topological polar surface area (TPSA) is 40.7 Å². The van der Waals surface area contributed by atoms with Crippen LogP contribution < -0.4 is 5.32 Å². The summed E-state index contributed by atoms with van der Waals surface area (Å²) < 4.78 is 0. The van der Waals surface area contributed by atoms with E-state index in [1.165, 1.54) is 23.2 Å². The van der Waals surface area contributed by atoms with Crippen LogP contribution in [-0.4, -0.2) is 16.5 Å². The Morgan fingerprint density at radius 3 is 2.75 bits per heavy atom. The number of H-pyrrole nitrogens is 1. The highest BCUT2D eigenvalue weighted by Crippen LogP contribution is 2.33. The summed E-state index contributed by atoms with van der Waals surface area (Å²) >= 11 is 0. The molecule has 1 aromatic heterocycles. The molecule has 0 bridgehead atoms. The van der Waals surface area contributed by atoms with Crippen LogP contribution in [0.5, 0.6) is 0 Å². The van der Waals surface area contributed by atoms with Gasteiger partial charge in [-0.1, -0.05) is 38.1 Å². The Morgan fingerprint density at radius 2 is 2.05 bits per heavy atom. The average molecular weight is 269 g/mol. The van der Waals surface area contributed by atoms with Gasteiger partial charge in [-0.15, -0.1) is 0 Å². The quantitative estimate of drug-likeness (QED) is 0.897. The minimum Gasteiger partial charge on any atom is -0.348 e. The zero-order valence-corrected chi connectivity index (χ0v) is 12.5. The van der Waals surface area contributed by atoms with Gasteiger partial charge in [-0.3, -0.25) is 0 Å². The lowest BCUT2D eigenvalue weighted by atomic mass is 9.83. The molecule has 0 radical (unpaired) electrons. The highest BCUT2D eigenvalue weighted by Gasteiger charge is 2.35. The Bertz CT molecular complexity index is 585. The lowest BCUT2D eigenvalue weighted by Gasteiger charge is -2.34. The molecule has 1 aliphatic heterocycles. The van der Waals surface area contributed by atoms with Gasteiger partial charge in [-0.25, -0.2) is 4.98 Å². The maximum absolute atomic E-state index is 4.54. The highest BCUT2D eigenvalue weighted by atomic mass is 15.1. The van der Waals surface area contributed by atoms with Gasteiger partial charge in [-0.2, -0.15) is 0 Å². The zero-order chi connectivity index (χ0) is 14.2. The fraction of sp³-hybridized carbons (Fsp3) is 0.471. The molecule has 20 heavy (non-hydrogen) atoms. The van der Waals surface area contributed by atoms with E-state index < -0.39 is 0 Å². The fourth-order valence-corrected chi connectivity index (χ4v) is 3.08. The Hall–Kier alpha value is -1.61. The van der Waals surface area contributed by atoms with Gasteiger partial charge in [-0.05, 0) is 30.4 Å². The van der Waals surface area contributed by atoms with E-state index in [2.05, 4.69) is 60.3 Å². The lowest BCUT2D eigenvalue weighted by Crippen LogP contribution is -2.46. The third-order valence-electron chi connectivity index (χ3n) is 4.71. The van der Waals surface area contributed by atoms with E-state index in [1.807, 2.05) is 6.33 Å². The largest absolute Gasteiger partial charge is 0.348 e. The summed E-state index contributed by atoms with van der Waals surface area (Å²) in [5, 5.41) is 3.63. The van der Waals surface area contributed by atoms with Gasteiger partial charge in [0.25, 0.3) is 0 Å². The van der Waals surface area contributed by atoms with Gasteiger partial charge >= 0.3 is 0 Å². The van der Waals surface area contributed by atoms with Crippen LogP contribution in [-0.2, 0) is 12.0 Å². The van der Waals surface area contributed by atoms with E-state index in [0.29, 0.717) is 5.92 Å². The minimum absolute atomic E-state index is 0.179. The number of hydrogen-bond donors (Lipinski definition) is 2. The highest BCUT2D eigenvalue weighted by molar-refractivity contribution is 5.39. The van der Waals surface area contributed by atoms with E-state index >= 15 is 0 Å². The lowest BCUT2D eigenvalue weighted by molar-refractivity contribution is 0.403. The average Bonchev–Trinajstić information content (AvgIpc) is 2.97. The van der Waals surface area contributed by atoms with E-state index in [-0.39, 0.29) is 5.54 Å². The van der Waals surface area contributed by atoms with Crippen molar-refractivity contribution in [2.75, 3.05) is 6.54 Å². The van der Waals surface area contributed by atoms with Gasteiger partial charge in [0.2, 0.25) is 0 Å². The third-order valence-corrected chi connectivity index (χ3v) is 4.71. The van der Waals surface area contributed by atoms with E-state index in [9.17, 15) is 0 Å². The monoisotopic (exact) mass is 269 g/mol. The van der Waals surface area contributed by atoms with Crippen molar-refractivity contribution in [3.63, 3.8) is 0 Å². The molecular weight excluding hydrogens is 246 g/mol. The van der Waals surface area contributed by atoms with Crippen molar-refractivity contribution >= 4 is 0 Å². The van der Waals surface area contributed by atoms with Crippen molar-refractivity contribution in [1.82, 2.24) is 15.3 Å². The second-order valence-corrected chi connectivity index (χ2v) is 5.96. The Kier molecular flexibility index (Phi) is 3.38. The molecule has 1 aromatic carbocycles. The first-order valence-corrected chi connectivity index (χ1v) is 7.53. The van der Waals surface area contributed by atoms with Crippen LogP contribution in [0.4, 0.5) is 0 Å². The molecule has 2 unspecified atom stereocenters. The second-order valence-electron chi connectivity index (χ2n) is 5.96. The van der Waals surface area contributed by atoms with E-state index in [4.69, 9.17) is 0 Å². The molecule has 2 N–H and O–H groups in total. The Labute approximate surface area is 120 Å². The number of benzene rings is 1. The third kappa shape index (κ3) is 2.06. The fourth-order valence-electron chi connectivity index (χ4n) is 3.08. The molecule has 3 nitrogen and oxygen atoms in total. The molecule has 0 aliphatic carbocycles. The molecule has 2 atom stereocenters. The first-order valence-electron chi connectivity index (χ1n) is 7.53. The van der Waals surface area contributed by atoms with Crippen molar-refractivity contribution in [1.29, 1.82) is 0 Å². The van der Waals surface area contributed by atoms with Crippen LogP contribution >= 0.6 is 0 Å². The Balaban J connectivity index is 1.97. The summed E-state index contributed by atoms with van der Waals surface area (Å²) in [5.41, 5.74) is 4.93. The summed E-state index contributed by atoms with van der Waals surface area (Å²) in [6.45, 7) is 7.73. The van der Waals surface area contributed by atoms with E-state index in [0.717, 1.165) is 18.7 Å². The maximum Gasteiger partial charge on any atom is 0.0926 e. The zero-order valence-electron chi connectivity index (χ0n) is 12.5. The number of aromatic nitrogens is 2. The molecule has 0 saturated heterocycles. The van der Waals surface area contributed by atoms with Gasteiger partial charge in [0.1, 0.15) is 0 Å². The molecule has 0 amide bonds. The number of fused-ring (bicyclic) bond motifs is 1. The van der Waals surface area contributed by atoms with Crippen LogP contribution in [0.3, 0.4) is 0 Å². The number of aromatic amines is 1. The molecule has 106 valence electrons. The second kappa shape index (κ2) is 5.06. The predicted molar refractivity (Wildman–Crippen MR) is 81.9 cm³/mol. The van der Waals surface area contributed by atoms with Gasteiger partial charge in [0.05, 0.1) is 17.6 Å². The van der Waals surface area contributed by atoms with Gasteiger partial charge in [0.15, 0.2) is 0 Å². The van der Waals surface area contributed by atoms with Crippen molar-refractivity contribution < 1.29 is 0 Å². The summed E-state index contributed by atoms with van der Waals surface area (Å²) in [5.74, 6) is 0.622. The van der Waals surface area contributed by atoms with Crippen molar-refractivity contribution in [2.24, 2.45) is 0 Å². The molecule has 0 saturated carbocycles. The molecule has 3 heteroatoms. The van der Waals surface area contributed by atoms with Crippen LogP contribution in [0, 0.1) is 0 Å². The summed E-state index contributed by atoms with van der Waals surface area (Å²) in [6, 6.07) is 9.02. The number of hydrogen-bond acceptors (Lipinski definition) is 2. The SMILES string of the molecule is CCC(C)c1ccc(C2(C)NCCc3[nH]cnc32)cc1. The molecule has 2 aromatic rings.